The number of hydrogen-bond acceptors (Lipinski definition) is 3. The fraction of sp³-hybridized carbons (Fsp3) is 0.182. The third kappa shape index (κ3) is 3.58. The first-order valence-electron chi connectivity index (χ1n) is 4.88. The van der Waals surface area contributed by atoms with E-state index in [0.717, 1.165) is 0 Å². The molecule has 0 heterocycles. The first-order chi connectivity index (χ1) is 8.32. The zero-order valence-corrected chi connectivity index (χ0v) is 12.4. The minimum absolute atomic E-state index is 0.0746. The van der Waals surface area contributed by atoms with Crippen molar-refractivity contribution < 1.29 is 19.5 Å². The van der Waals surface area contributed by atoms with Crippen LogP contribution in [0, 0.1) is 0 Å². The molecule has 0 aliphatic carbocycles. The van der Waals surface area contributed by atoms with Crippen molar-refractivity contribution in [1.82, 2.24) is 0 Å². The number of amides is 1. The monoisotopic (exact) mass is 331 g/mol. The molecule has 0 aromatic heterocycles. The molecule has 0 bridgehead atoms. The van der Waals surface area contributed by atoms with Gasteiger partial charge < -0.3 is 0 Å². The van der Waals surface area contributed by atoms with Crippen molar-refractivity contribution in [2.24, 2.45) is 0 Å². The Bertz CT molecular complexity index is 516. The van der Waals surface area contributed by atoms with E-state index < -0.39 is 31.1 Å². The molecule has 0 unspecified atom stereocenters. The van der Waals surface area contributed by atoms with Gasteiger partial charge in [-0.05, 0) is 0 Å². The Morgan fingerprint density at radius 1 is 1.28 bits per heavy atom. The van der Waals surface area contributed by atoms with Gasteiger partial charge in [-0.1, -0.05) is 0 Å². The van der Waals surface area contributed by atoms with Crippen LogP contribution in [-0.2, 0) is 9.59 Å². The van der Waals surface area contributed by atoms with Gasteiger partial charge in [-0.2, -0.15) is 0 Å². The number of benzene rings is 1. The molecule has 1 aromatic rings. The molecule has 5 nitrogen and oxygen atoms in total. The molecule has 0 fully saturated rings. The van der Waals surface area contributed by atoms with Crippen LogP contribution in [-0.4, -0.2) is 36.2 Å². The third-order valence-electron chi connectivity index (χ3n) is 2.06. The summed E-state index contributed by atoms with van der Waals surface area (Å²) in [7, 11) is 0. The van der Waals surface area contributed by atoms with Gasteiger partial charge in [-0.25, -0.2) is 0 Å². The van der Waals surface area contributed by atoms with E-state index in [9.17, 15) is 14.4 Å². The molecule has 0 saturated heterocycles. The van der Waals surface area contributed by atoms with Crippen molar-refractivity contribution >= 4 is 48.4 Å². The van der Waals surface area contributed by atoms with Gasteiger partial charge in [0.25, 0.3) is 0 Å². The normalized spacial score (nSPS) is 10.2. The predicted molar refractivity (Wildman–Crippen MR) is 69.5 cm³/mol. The summed E-state index contributed by atoms with van der Waals surface area (Å²) in [6.45, 7) is 0. The van der Waals surface area contributed by atoms with Crippen LogP contribution in [0.3, 0.4) is 0 Å². The first kappa shape index (κ1) is 14.7. The molecule has 0 saturated carbocycles. The van der Waals surface area contributed by atoms with E-state index in [1.165, 1.54) is 18.2 Å². The van der Waals surface area contributed by atoms with Crippen LogP contribution in [0.25, 0.3) is 0 Å². The fourth-order valence-electron chi connectivity index (χ4n) is 1.15. The summed E-state index contributed by atoms with van der Waals surface area (Å²) in [6, 6.07) is 4.03. The molecule has 96 valence electrons. The van der Waals surface area contributed by atoms with Crippen molar-refractivity contribution in [3.05, 3.63) is 28.8 Å². The van der Waals surface area contributed by atoms with Crippen molar-refractivity contribution in [1.29, 1.82) is 0 Å². The Kier molecular flexibility index (Phi) is 4.93. The Morgan fingerprint density at radius 2 is 1.89 bits per heavy atom. The summed E-state index contributed by atoms with van der Waals surface area (Å²) in [5.74, 6) is -1.90. The Labute approximate surface area is 113 Å². The van der Waals surface area contributed by atoms with E-state index in [1.54, 1.807) is 11.4 Å². The van der Waals surface area contributed by atoms with Crippen molar-refractivity contribution in [3.63, 3.8) is 0 Å². The Morgan fingerprint density at radius 3 is 2.39 bits per heavy atom. The van der Waals surface area contributed by atoms with Gasteiger partial charge >= 0.3 is 113 Å². The average Bonchev–Trinajstić information content (AvgIpc) is 2.29. The summed E-state index contributed by atoms with van der Waals surface area (Å²) in [6.07, 6.45) is 0. The number of carbonyl (C=O) groups excluding carboxylic acids is 2. The summed E-state index contributed by atoms with van der Waals surface area (Å²) >= 11 is 3.92. The number of anilines is 1. The second-order valence-electron chi connectivity index (χ2n) is 3.65. The number of nitrogens with one attached hydrogen (secondary N) is 1. The predicted octanol–water partition coefficient (Wildman–Crippen LogP) is 1.84. The molecule has 0 aliphatic rings. The number of hydrogen-bond donors (Lipinski definition) is 2. The second kappa shape index (κ2) is 6.02. The Balaban J connectivity index is 2.93. The van der Waals surface area contributed by atoms with Gasteiger partial charge in [-0.3, -0.25) is 0 Å². The molecule has 1 amide bonds. The van der Waals surface area contributed by atoms with E-state index in [4.69, 9.17) is 16.7 Å². The topological polar surface area (TPSA) is 83.5 Å². The van der Waals surface area contributed by atoms with Gasteiger partial charge in [0.1, 0.15) is 0 Å². The van der Waals surface area contributed by atoms with Gasteiger partial charge in [0.05, 0.1) is 0 Å². The van der Waals surface area contributed by atoms with Crippen LogP contribution >= 0.6 is 11.6 Å². The Hall–Kier alpha value is -1.32. The van der Waals surface area contributed by atoms with Gasteiger partial charge in [0, 0.05) is 0 Å². The maximum absolute atomic E-state index is 11.5. The van der Waals surface area contributed by atoms with E-state index in [0.29, 0.717) is 0 Å². The van der Waals surface area contributed by atoms with Crippen LogP contribution < -0.4 is 5.32 Å². The van der Waals surface area contributed by atoms with Crippen molar-refractivity contribution in [3.8, 4) is 0 Å². The summed E-state index contributed by atoms with van der Waals surface area (Å²) in [5.41, 5.74) is 3.62. The average molecular weight is 332 g/mol. The molecule has 1 aromatic carbocycles. The SMILES string of the molecule is C[As](C)C(=O)C(=O)Nc1ccc(Cl)c(C(=O)O)c1. The van der Waals surface area contributed by atoms with E-state index in [1.807, 2.05) is 0 Å². The van der Waals surface area contributed by atoms with E-state index >= 15 is 0 Å². The number of aromatic carboxylic acids is 1. The molecular weight excluding hydrogens is 320 g/mol. The summed E-state index contributed by atoms with van der Waals surface area (Å²) in [4.78, 5) is 33.8. The molecule has 0 spiro atoms. The van der Waals surface area contributed by atoms with Crippen LogP contribution in [0.2, 0.25) is 16.4 Å². The molecule has 18 heavy (non-hydrogen) atoms. The molecule has 1 rings (SSSR count). The van der Waals surface area contributed by atoms with Crippen molar-refractivity contribution in [2.45, 2.75) is 11.4 Å². The van der Waals surface area contributed by atoms with Crippen molar-refractivity contribution in [2.75, 3.05) is 5.32 Å². The second-order valence-corrected chi connectivity index (χ2v) is 8.67. The van der Waals surface area contributed by atoms with Gasteiger partial charge in [0.2, 0.25) is 0 Å². The standard InChI is InChI=1S/C11H11AsClNO4/c1-12(2)9(15)10(16)14-6-3-4-8(13)7(5-6)11(17)18/h3-5H,1-2H3,(H,14,16)(H,17,18). The zero-order valence-electron chi connectivity index (χ0n) is 9.73. The number of halogens is 1. The quantitative estimate of drug-likeness (QED) is 0.651. The molecule has 0 radical (unpaired) electrons. The van der Waals surface area contributed by atoms with E-state index in [-0.39, 0.29) is 16.3 Å². The summed E-state index contributed by atoms with van der Waals surface area (Å²) < 4.78 is -0.422. The number of carbonyl (C=O) groups is 3. The first-order valence-corrected chi connectivity index (χ1v) is 9.95. The zero-order chi connectivity index (χ0) is 13.9. The summed E-state index contributed by atoms with van der Waals surface area (Å²) in [5, 5.41) is 11.3. The number of carboxylic acid groups (broad SMARTS) is 1. The number of rotatable bonds is 4. The fourth-order valence-corrected chi connectivity index (χ4v) is 2.32. The van der Waals surface area contributed by atoms with Gasteiger partial charge in [-0.15, -0.1) is 0 Å². The van der Waals surface area contributed by atoms with Crippen LogP contribution in [0.15, 0.2) is 18.2 Å². The van der Waals surface area contributed by atoms with Crippen LogP contribution in [0.1, 0.15) is 10.4 Å². The molecule has 0 aliphatic heterocycles. The van der Waals surface area contributed by atoms with Crippen LogP contribution in [0.4, 0.5) is 5.69 Å². The van der Waals surface area contributed by atoms with E-state index in [2.05, 4.69) is 5.32 Å². The molecule has 2 N–H and O–H groups in total. The third-order valence-corrected chi connectivity index (χ3v) is 4.52. The molecule has 0 atom stereocenters. The number of carboxylic acids is 1. The molecule has 7 heteroatoms. The molecular formula is C11H11AsClNO4. The van der Waals surface area contributed by atoms with Gasteiger partial charge in [0.15, 0.2) is 0 Å². The maximum atomic E-state index is 11.5. The van der Waals surface area contributed by atoms with Crippen LogP contribution in [0.5, 0.6) is 0 Å². The minimum atomic E-state index is -1.76.